The number of hydrogen-bond donors (Lipinski definition) is 2. The highest BCUT2D eigenvalue weighted by molar-refractivity contribution is 5.87. The first-order valence-electron chi connectivity index (χ1n) is 7.58. The molecule has 2 rings (SSSR count). The molecule has 1 unspecified atom stereocenters. The lowest BCUT2D eigenvalue weighted by molar-refractivity contribution is -0.126. The Bertz CT molecular complexity index is 458. The maximum atomic E-state index is 12.6. The van der Waals surface area contributed by atoms with Gasteiger partial charge in [-0.15, -0.1) is 0 Å². The van der Waals surface area contributed by atoms with Gasteiger partial charge in [-0.2, -0.15) is 0 Å². The van der Waals surface area contributed by atoms with Crippen LogP contribution in [0.3, 0.4) is 0 Å². The van der Waals surface area contributed by atoms with E-state index in [1.54, 1.807) is 0 Å². The second kappa shape index (κ2) is 5.86. The Balaban J connectivity index is 2.04. The topological polar surface area (TPSA) is 55.1 Å². The summed E-state index contributed by atoms with van der Waals surface area (Å²) in [4.78, 5) is 12.6. The zero-order chi connectivity index (χ0) is 14.8. The van der Waals surface area contributed by atoms with Crippen LogP contribution in [0.25, 0.3) is 0 Å². The van der Waals surface area contributed by atoms with E-state index in [9.17, 15) is 4.79 Å². The zero-order valence-corrected chi connectivity index (χ0v) is 12.8. The molecule has 0 radical (unpaired) electrons. The highest BCUT2D eigenvalue weighted by Gasteiger charge is 2.32. The third kappa shape index (κ3) is 3.14. The van der Waals surface area contributed by atoms with Gasteiger partial charge in [-0.1, -0.05) is 25.0 Å². The summed E-state index contributed by atoms with van der Waals surface area (Å²) in [6.07, 6.45) is 5.08. The minimum atomic E-state index is -0.527. The molecule has 1 aromatic rings. The lowest BCUT2D eigenvalue weighted by Gasteiger charge is -2.28. The van der Waals surface area contributed by atoms with Crippen LogP contribution in [0, 0.1) is 5.92 Å². The molecule has 3 N–H and O–H groups in total. The van der Waals surface area contributed by atoms with Crippen LogP contribution < -0.4 is 11.1 Å². The summed E-state index contributed by atoms with van der Waals surface area (Å²) in [5.41, 5.74) is 6.91. The molecule has 0 saturated heterocycles. The van der Waals surface area contributed by atoms with E-state index in [1.807, 2.05) is 38.1 Å². The Hall–Kier alpha value is -1.51. The van der Waals surface area contributed by atoms with Gasteiger partial charge in [0.05, 0.1) is 5.41 Å². The largest absolute Gasteiger partial charge is 0.399 e. The third-order valence-electron chi connectivity index (χ3n) is 4.67. The Labute approximate surface area is 121 Å². The van der Waals surface area contributed by atoms with Crippen molar-refractivity contribution in [1.29, 1.82) is 0 Å². The Kier molecular flexibility index (Phi) is 4.36. The normalized spacial score (nSPS) is 17.9. The highest BCUT2D eigenvalue weighted by atomic mass is 16.2. The summed E-state index contributed by atoms with van der Waals surface area (Å²) in [6, 6.07) is 7.85. The molecule has 0 bridgehead atoms. The summed E-state index contributed by atoms with van der Waals surface area (Å²) in [5.74, 6) is 0.739. The fraction of sp³-hybridized carbons (Fsp3) is 0.588. The number of amides is 1. The van der Waals surface area contributed by atoms with Gasteiger partial charge in [0.1, 0.15) is 0 Å². The third-order valence-corrected chi connectivity index (χ3v) is 4.67. The van der Waals surface area contributed by atoms with Crippen molar-refractivity contribution in [3.05, 3.63) is 29.8 Å². The summed E-state index contributed by atoms with van der Waals surface area (Å²) in [6.45, 7) is 6.07. The monoisotopic (exact) mass is 274 g/mol. The number of hydrogen-bond acceptors (Lipinski definition) is 2. The van der Waals surface area contributed by atoms with E-state index < -0.39 is 5.41 Å². The minimum Gasteiger partial charge on any atom is -0.399 e. The second-order valence-corrected chi connectivity index (χ2v) is 6.55. The van der Waals surface area contributed by atoms with Crippen LogP contribution in [0.15, 0.2) is 24.3 Å². The molecule has 0 aromatic heterocycles. The van der Waals surface area contributed by atoms with E-state index in [4.69, 9.17) is 5.73 Å². The van der Waals surface area contributed by atoms with Gasteiger partial charge in [0, 0.05) is 11.7 Å². The summed E-state index contributed by atoms with van der Waals surface area (Å²) >= 11 is 0. The van der Waals surface area contributed by atoms with E-state index >= 15 is 0 Å². The van der Waals surface area contributed by atoms with Crippen molar-refractivity contribution in [1.82, 2.24) is 5.32 Å². The second-order valence-electron chi connectivity index (χ2n) is 6.55. The van der Waals surface area contributed by atoms with Gasteiger partial charge < -0.3 is 11.1 Å². The molecule has 1 amide bonds. The van der Waals surface area contributed by atoms with Crippen molar-refractivity contribution >= 4 is 11.6 Å². The van der Waals surface area contributed by atoms with Gasteiger partial charge in [-0.05, 0) is 57.2 Å². The van der Waals surface area contributed by atoms with Crippen molar-refractivity contribution in [3.63, 3.8) is 0 Å². The lowest BCUT2D eigenvalue weighted by atomic mass is 9.83. The van der Waals surface area contributed by atoms with Gasteiger partial charge >= 0.3 is 0 Å². The van der Waals surface area contributed by atoms with Crippen LogP contribution in [0.1, 0.15) is 52.0 Å². The number of carbonyl (C=O) groups excluding carboxylic acids is 1. The first-order valence-corrected chi connectivity index (χ1v) is 7.58. The lowest BCUT2D eigenvalue weighted by Crippen LogP contribution is -2.46. The number of nitrogen functional groups attached to an aromatic ring is 1. The number of rotatable bonds is 4. The van der Waals surface area contributed by atoms with E-state index in [1.165, 1.54) is 25.7 Å². The Morgan fingerprint density at radius 2 is 1.80 bits per heavy atom. The summed E-state index contributed by atoms with van der Waals surface area (Å²) in [5, 5.41) is 3.21. The van der Waals surface area contributed by atoms with Crippen LogP contribution in [0.4, 0.5) is 5.69 Å². The van der Waals surface area contributed by atoms with Crippen LogP contribution in [-0.4, -0.2) is 11.9 Å². The number of nitrogens with two attached hydrogens (primary N) is 1. The van der Waals surface area contributed by atoms with E-state index in [-0.39, 0.29) is 11.9 Å². The van der Waals surface area contributed by atoms with Gasteiger partial charge in [0.25, 0.3) is 0 Å². The molecule has 1 aliphatic rings. The number of nitrogens with one attached hydrogen (secondary N) is 1. The van der Waals surface area contributed by atoms with Crippen molar-refractivity contribution in [3.8, 4) is 0 Å². The maximum Gasteiger partial charge on any atom is 0.230 e. The van der Waals surface area contributed by atoms with Crippen LogP contribution in [-0.2, 0) is 10.2 Å². The molecule has 1 aliphatic carbocycles. The first-order chi connectivity index (χ1) is 9.41. The molecular weight excluding hydrogens is 248 g/mol. The number of anilines is 1. The van der Waals surface area contributed by atoms with E-state index in [0.717, 1.165) is 11.3 Å². The predicted molar refractivity (Wildman–Crippen MR) is 83.4 cm³/mol. The molecule has 1 fully saturated rings. The fourth-order valence-electron chi connectivity index (χ4n) is 2.99. The van der Waals surface area contributed by atoms with Crippen LogP contribution >= 0.6 is 0 Å². The highest BCUT2D eigenvalue weighted by Crippen LogP contribution is 2.29. The number of carbonyl (C=O) groups is 1. The van der Waals surface area contributed by atoms with Gasteiger partial charge in [0.15, 0.2) is 0 Å². The Morgan fingerprint density at radius 3 is 2.35 bits per heavy atom. The SMILES string of the molecule is CC(NC(=O)C(C)(C)c1ccc(N)cc1)C1CCCC1. The molecule has 20 heavy (non-hydrogen) atoms. The zero-order valence-electron chi connectivity index (χ0n) is 12.8. The van der Waals surface area contributed by atoms with E-state index in [0.29, 0.717) is 5.92 Å². The smallest absolute Gasteiger partial charge is 0.230 e. The molecule has 1 saturated carbocycles. The summed E-state index contributed by atoms with van der Waals surface area (Å²) < 4.78 is 0. The quantitative estimate of drug-likeness (QED) is 0.828. The van der Waals surface area contributed by atoms with Crippen LogP contribution in [0.5, 0.6) is 0 Å². The molecule has 110 valence electrons. The molecule has 0 spiro atoms. The molecular formula is C17H26N2O. The Morgan fingerprint density at radius 1 is 1.25 bits per heavy atom. The molecule has 0 heterocycles. The predicted octanol–water partition coefficient (Wildman–Crippen LogP) is 3.24. The molecule has 3 heteroatoms. The average Bonchev–Trinajstić information content (AvgIpc) is 2.93. The van der Waals surface area contributed by atoms with Gasteiger partial charge in [-0.25, -0.2) is 0 Å². The molecule has 1 atom stereocenters. The van der Waals surface area contributed by atoms with Gasteiger partial charge in [-0.3, -0.25) is 4.79 Å². The molecule has 1 aromatic carbocycles. The fourth-order valence-corrected chi connectivity index (χ4v) is 2.99. The van der Waals surface area contributed by atoms with Crippen molar-refractivity contribution in [2.75, 3.05) is 5.73 Å². The minimum absolute atomic E-state index is 0.0988. The first kappa shape index (κ1) is 14.9. The van der Waals surface area contributed by atoms with Crippen LogP contribution in [0.2, 0.25) is 0 Å². The van der Waals surface area contributed by atoms with Crippen molar-refractivity contribution < 1.29 is 4.79 Å². The standard InChI is InChI=1S/C17H26N2O/c1-12(13-6-4-5-7-13)19-16(20)17(2,3)14-8-10-15(18)11-9-14/h8-13H,4-7,18H2,1-3H3,(H,19,20). The number of benzene rings is 1. The average molecular weight is 274 g/mol. The molecule has 0 aliphatic heterocycles. The molecule has 3 nitrogen and oxygen atoms in total. The van der Waals surface area contributed by atoms with E-state index in [2.05, 4.69) is 12.2 Å². The maximum absolute atomic E-state index is 12.6. The van der Waals surface area contributed by atoms with Gasteiger partial charge in [0.2, 0.25) is 5.91 Å². The summed E-state index contributed by atoms with van der Waals surface area (Å²) in [7, 11) is 0. The van der Waals surface area contributed by atoms with Crippen molar-refractivity contribution in [2.24, 2.45) is 5.92 Å². The van der Waals surface area contributed by atoms with Crippen molar-refractivity contribution in [2.45, 2.75) is 57.9 Å².